The number of carbonyl (C=O) groups is 1. The van der Waals surface area contributed by atoms with E-state index in [0.29, 0.717) is 25.3 Å². The van der Waals surface area contributed by atoms with Gasteiger partial charge in [-0.15, -0.1) is 5.10 Å². The highest BCUT2D eigenvalue weighted by Gasteiger charge is 2.28. The van der Waals surface area contributed by atoms with E-state index in [4.69, 9.17) is 15.6 Å². The summed E-state index contributed by atoms with van der Waals surface area (Å²) in [4.78, 5) is 11.0. The van der Waals surface area contributed by atoms with Crippen molar-refractivity contribution in [3.63, 3.8) is 0 Å². The fourth-order valence-corrected chi connectivity index (χ4v) is 4.33. The molecule has 9 heteroatoms. The van der Waals surface area contributed by atoms with Gasteiger partial charge in [-0.3, -0.25) is 4.79 Å². The Bertz CT molecular complexity index is 923. The number of methoxy groups -OCH3 is 1. The molecule has 0 saturated heterocycles. The summed E-state index contributed by atoms with van der Waals surface area (Å²) in [6.45, 7) is 3.57. The number of sulfone groups is 1. The Balaban J connectivity index is 2.21. The Morgan fingerprint density at radius 2 is 2.04 bits per heavy atom. The zero-order valence-corrected chi connectivity index (χ0v) is 17.1. The van der Waals surface area contributed by atoms with E-state index in [1.54, 1.807) is 24.1 Å². The van der Waals surface area contributed by atoms with Gasteiger partial charge in [0.2, 0.25) is 5.88 Å². The number of hydrogen-bond donors (Lipinski definition) is 2. The van der Waals surface area contributed by atoms with Gasteiger partial charge in [-0.1, -0.05) is 12.1 Å². The first-order valence-corrected chi connectivity index (χ1v) is 10.8. The highest BCUT2D eigenvalue weighted by atomic mass is 32.2. The summed E-state index contributed by atoms with van der Waals surface area (Å²) in [5.41, 5.74) is 8.57. The van der Waals surface area contributed by atoms with Crippen molar-refractivity contribution in [2.75, 3.05) is 19.4 Å². The third kappa shape index (κ3) is 5.11. The van der Waals surface area contributed by atoms with Crippen LogP contribution in [0.4, 0.5) is 0 Å². The molecule has 2 atom stereocenters. The van der Waals surface area contributed by atoms with E-state index in [9.17, 15) is 13.2 Å². The molecular weight excluding hydrogens is 382 g/mol. The van der Waals surface area contributed by atoms with Crippen LogP contribution in [0.15, 0.2) is 30.5 Å². The first-order chi connectivity index (χ1) is 13.2. The van der Waals surface area contributed by atoms with E-state index >= 15 is 0 Å². The predicted octanol–water partition coefficient (Wildman–Crippen LogP) is 1.90. The summed E-state index contributed by atoms with van der Waals surface area (Å²) in [5.74, 6) is -1.07. The minimum Gasteiger partial charge on any atom is -0.480 e. The van der Waals surface area contributed by atoms with Crippen molar-refractivity contribution in [2.24, 2.45) is 5.73 Å². The highest BCUT2D eigenvalue weighted by molar-refractivity contribution is 7.92. The van der Waals surface area contributed by atoms with Crippen molar-refractivity contribution in [2.45, 2.75) is 37.9 Å². The molecule has 0 spiro atoms. The molecule has 8 nitrogen and oxygen atoms in total. The number of carboxylic acid groups (broad SMARTS) is 1. The zero-order chi connectivity index (χ0) is 20.9. The van der Waals surface area contributed by atoms with Gasteiger partial charge in [0.05, 0.1) is 18.6 Å². The van der Waals surface area contributed by atoms with Gasteiger partial charge in [0.1, 0.15) is 0 Å². The maximum Gasteiger partial charge on any atom is 0.321 e. The van der Waals surface area contributed by atoms with Crippen molar-refractivity contribution >= 4 is 15.8 Å². The molecule has 2 rings (SSSR count). The number of ether oxygens (including phenoxy) is 1. The fourth-order valence-electron chi connectivity index (χ4n) is 3.06. The van der Waals surface area contributed by atoms with Crippen LogP contribution in [0.1, 0.15) is 36.8 Å². The number of aryl methyl sites for hydroxylation is 1. The van der Waals surface area contributed by atoms with E-state index in [-0.39, 0.29) is 11.7 Å². The smallest absolute Gasteiger partial charge is 0.321 e. The Hall–Kier alpha value is -2.39. The van der Waals surface area contributed by atoms with Gasteiger partial charge in [0, 0.05) is 12.3 Å². The standard InChI is InChI=1S/C19H27N3O5S/c1-13-12-16(4-5-17(13)22-10-7-18(21-22)27-3)15(6-9-20)8-11-28(25,26)14(2)19(23)24/h4-5,7,10,12,14-15H,6,8-9,11,20H2,1-3H3,(H,23,24). The van der Waals surface area contributed by atoms with E-state index in [2.05, 4.69) is 5.10 Å². The molecule has 0 radical (unpaired) electrons. The van der Waals surface area contributed by atoms with Crippen LogP contribution < -0.4 is 10.5 Å². The molecular formula is C19H27N3O5S. The number of nitrogens with zero attached hydrogens (tertiary/aromatic N) is 2. The van der Waals surface area contributed by atoms with Crippen molar-refractivity contribution in [3.05, 3.63) is 41.6 Å². The monoisotopic (exact) mass is 409 g/mol. The minimum atomic E-state index is -3.71. The lowest BCUT2D eigenvalue weighted by molar-refractivity contribution is -0.136. The molecule has 0 saturated carbocycles. The largest absolute Gasteiger partial charge is 0.480 e. The first-order valence-electron chi connectivity index (χ1n) is 9.04. The summed E-state index contributed by atoms with van der Waals surface area (Å²) < 4.78 is 31.2. The predicted molar refractivity (Wildman–Crippen MR) is 107 cm³/mol. The molecule has 2 unspecified atom stereocenters. The summed E-state index contributed by atoms with van der Waals surface area (Å²) in [7, 11) is -2.16. The van der Waals surface area contributed by atoms with Crippen LogP contribution in [-0.2, 0) is 14.6 Å². The summed E-state index contributed by atoms with van der Waals surface area (Å²) in [6.07, 6.45) is 2.74. The molecule has 28 heavy (non-hydrogen) atoms. The van der Waals surface area contributed by atoms with Crippen LogP contribution in [-0.4, -0.2) is 53.9 Å². The lowest BCUT2D eigenvalue weighted by Crippen LogP contribution is -2.29. The van der Waals surface area contributed by atoms with Crippen molar-refractivity contribution < 1.29 is 23.1 Å². The lowest BCUT2D eigenvalue weighted by atomic mass is 9.91. The third-order valence-corrected chi connectivity index (χ3v) is 6.95. The van der Waals surface area contributed by atoms with E-state index in [1.807, 2.05) is 25.1 Å². The Labute approximate surface area is 165 Å². The quantitative estimate of drug-likeness (QED) is 0.614. The first kappa shape index (κ1) is 21.9. The van der Waals surface area contributed by atoms with Gasteiger partial charge < -0.3 is 15.6 Å². The summed E-state index contributed by atoms with van der Waals surface area (Å²) in [5, 5.41) is 11.9. The molecule has 2 aromatic rings. The van der Waals surface area contributed by atoms with Crippen LogP contribution in [0.5, 0.6) is 5.88 Å². The molecule has 3 N–H and O–H groups in total. The topological polar surface area (TPSA) is 125 Å². The fraction of sp³-hybridized carbons (Fsp3) is 0.474. The SMILES string of the molecule is COc1ccn(-c2ccc(C(CCN)CCS(=O)(=O)C(C)C(=O)O)cc2C)n1. The number of carboxylic acids is 1. The van der Waals surface area contributed by atoms with Crippen molar-refractivity contribution in [1.29, 1.82) is 0 Å². The van der Waals surface area contributed by atoms with Gasteiger partial charge >= 0.3 is 5.97 Å². The van der Waals surface area contributed by atoms with Crippen LogP contribution >= 0.6 is 0 Å². The number of hydrogen-bond acceptors (Lipinski definition) is 6. The molecule has 0 bridgehead atoms. The molecule has 0 aliphatic heterocycles. The molecule has 1 aromatic carbocycles. The van der Waals surface area contributed by atoms with E-state index in [1.165, 1.54) is 6.92 Å². The second kappa shape index (κ2) is 9.20. The molecule has 1 heterocycles. The molecule has 0 amide bonds. The maximum absolute atomic E-state index is 12.2. The van der Waals surface area contributed by atoms with Crippen LogP contribution in [0.2, 0.25) is 0 Å². The zero-order valence-electron chi connectivity index (χ0n) is 16.3. The van der Waals surface area contributed by atoms with Gasteiger partial charge in [-0.05, 0) is 56.3 Å². The normalized spacial score (nSPS) is 13.9. The number of aliphatic carboxylic acids is 1. The molecule has 1 aromatic heterocycles. The Kier molecular flexibility index (Phi) is 7.20. The third-order valence-electron chi connectivity index (χ3n) is 4.87. The minimum absolute atomic E-state index is 0.0688. The highest BCUT2D eigenvalue weighted by Crippen LogP contribution is 2.27. The maximum atomic E-state index is 12.2. The lowest BCUT2D eigenvalue weighted by Gasteiger charge is -2.19. The van der Waals surface area contributed by atoms with E-state index in [0.717, 1.165) is 16.8 Å². The molecule has 154 valence electrons. The second-order valence-electron chi connectivity index (χ2n) is 6.76. The number of rotatable bonds is 10. The second-order valence-corrected chi connectivity index (χ2v) is 9.20. The van der Waals surface area contributed by atoms with Gasteiger partial charge in [0.25, 0.3) is 0 Å². The van der Waals surface area contributed by atoms with Crippen LogP contribution in [0.25, 0.3) is 5.69 Å². The summed E-state index contributed by atoms with van der Waals surface area (Å²) in [6, 6.07) is 7.62. The van der Waals surface area contributed by atoms with Crippen molar-refractivity contribution in [3.8, 4) is 11.6 Å². The average molecular weight is 410 g/mol. The van der Waals surface area contributed by atoms with Gasteiger partial charge in [-0.25, -0.2) is 13.1 Å². The molecule has 0 aliphatic rings. The number of nitrogens with two attached hydrogens (primary N) is 1. The summed E-state index contributed by atoms with van der Waals surface area (Å²) >= 11 is 0. The van der Waals surface area contributed by atoms with Crippen molar-refractivity contribution in [1.82, 2.24) is 9.78 Å². The number of aromatic nitrogens is 2. The Morgan fingerprint density at radius 3 is 2.57 bits per heavy atom. The van der Waals surface area contributed by atoms with Gasteiger partial charge in [0.15, 0.2) is 15.1 Å². The van der Waals surface area contributed by atoms with Crippen LogP contribution in [0.3, 0.4) is 0 Å². The molecule has 0 fully saturated rings. The molecule has 0 aliphatic carbocycles. The van der Waals surface area contributed by atoms with E-state index < -0.39 is 21.1 Å². The average Bonchev–Trinajstić information content (AvgIpc) is 3.13. The van der Waals surface area contributed by atoms with Crippen LogP contribution in [0, 0.1) is 6.92 Å². The Morgan fingerprint density at radius 1 is 1.32 bits per heavy atom. The van der Waals surface area contributed by atoms with Gasteiger partial charge in [-0.2, -0.15) is 0 Å². The number of benzene rings is 1.